The quantitative estimate of drug-likeness (QED) is 0.724. The highest BCUT2D eigenvalue weighted by atomic mass is 32.2. The molecule has 1 aromatic heterocycles. The fourth-order valence-corrected chi connectivity index (χ4v) is 5.25. The third-order valence-corrected chi connectivity index (χ3v) is 6.99. The van der Waals surface area contributed by atoms with Crippen molar-refractivity contribution < 1.29 is 22.7 Å². The van der Waals surface area contributed by atoms with Crippen LogP contribution in [0.15, 0.2) is 29.4 Å². The summed E-state index contributed by atoms with van der Waals surface area (Å²) < 4.78 is 40.4. The molecule has 0 bridgehead atoms. The highest BCUT2D eigenvalue weighted by Crippen LogP contribution is 2.34. The summed E-state index contributed by atoms with van der Waals surface area (Å²) in [5, 5.41) is 10.6. The van der Waals surface area contributed by atoms with Crippen LogP contribution in [0.25, 0.3) is 0 Å². The number of hydrogen-bond donors (Lipinski definition) is 1. The van der Waals surface area contributed by atoms with Crippen LogP contribution in [0.3, 0.4) is 0 Å². The van der Waals surface area contributed by atoms with Gasteiger partial charge in [0, 0.05) is 19.2 Å². The predicted octanol–water partition coefficient (Wildman–Crippen LogP) is 0.539. The van der Waals surface area contributed by atoms with Crippen LogP contribution in [-0.4, -0.2) is 59.2 Å². The van der Waals surface area contributed by atoms with Crippen molar-refractivity contribution in [1.82, 2.24) is 24.4 Å². The smallest absolute Gasteiger partial charge is 0.243 e. The molecular formula is C18H23N5O5S. The Kier molecular flexibility index (Phi) is 5.41. The van der Waals surface area contributed by atoms with Crippen molar-refractivity contribution >= 4 is 15.9 Å². The van der Waals surface area contributed by atoms with Crippen molar-refractivity contribution in [3.8, 4) is 11.5 Å². The van der Waals surface area contributed by atoms with E-state index in [4.69, 9.17) is 9.47 Å². The van der Waals surface area contributed by atoms with Gasteiger partial charge in [0.1, 0.15) is 25.6 Å². The Morgan fingerprint density at radius 3 is 2.86 bits per heavy atom. The summed E-state index contributed by atoms with van der Waals surface area (Å²) in [5.74, 6) is 1.21. The van der Waals surface area contributed by atoms with E-state index in [0.717, 1.165) is 0 Å². The standard InChI is InChI=1S/C18H23N5O5S/c1-2-22-12-20-21-17(22)11-19-18(24)14-4-3-7-23(14)29(25,26)13-5-6-15-16(10-13)28-9-8-27-15/h5-6,10,12,14H,2-4,7-9,11H2,1H3,(H,19,24)/t14-/m1/s1. The second-order valence-electron chi connectivity index (χ2n) is 6.83. The van der Waals surface area contributed by atoms with Gasteiger partial charge in [0.25, 0.3) is 0 Å². The molecule has 0 unspecified atom stereocenters. The molecule has 1 N–H and O–H groups in total. The van der Waals surface area contributed by atoms with Gasteiger partial charge in [0.2, 0.25) is 15.9 Å². The van der Waals surface area contributed by atoms with Gasteiger partial charge in [-0.1, -0.05) is 0 Å². The first-order chi connectivity index (χ1) is 14.0. The minimum atomic E-state index is -3.85. The van der Waals surface area contributed by atoms with Gasteiger partial charge < -0.3 is 19.4 Å². The van der Waals surface area contributed by atoms with Crippen molar-refractivity contribution in [2.24, 2.45) is 0 Å². The number of carbonyl (C=O) groups is 1. The number of carbonyl (C=O) groups excluding carboxylic acids is 1. The molecule has 0 radical (unpaired) electrons. The summed E-state index contributed by atoms with van der Waals surface area (Å²) in [4.78, 5) is 12.8. The Morgan fingerprint density at radius 2 is 2.07 bits per heavy atom. The topological polar surface area (TPSA) is 116 Å². The molecule has 1 amide bonds. The zero-order valence-corrected chi connectivity index (χ0v) is 16.9. The summed E-state index contributed by atoms with van der Waals surface area (Å²) in [7, 11) is -3.85. The molecule has 156 valence electrons. The number of sulfonamides is 1. The molecule has 1 saturated heterocycles. The molecule has 0 aliphatic carbocycles. The Bertz CT molecular complexity index is 1010. The van der Waals surface area contributed by atoms with Gasteiger partial charge in [-0.2, -0.15) is 4.31 Å². The summed E-state index contributed by atoms with van der Waals surface area (Å²) in [6.07, 6.45) is 2.68. The molecule has 4 rings (SSSR count). The van der Waals surface area contributed by atoms with Crippen LogP contribution in [0.5, 0.6) is 11.5 Å². The van der Waals surface area contributed by atoms with Gasteiger partial charge >= 0.3 is 0 Å². The fourth-order valence-electron chi connectivity index (χ4n) is 3.57. The van der Waals surface area contributed by atoms with Crippen LogP contribution in [0, 0.1) is 0 Å². The van der Waals surface area contributed by atoms with E-state index in [1.54, 1.807) is 12.4 Å². The van der Waals surface area contributed by atoms with Gasteiger partial charge in [-0.25, -0.2) is 8.42 Å². The number of aryl methyl sites for hydroxylation is 1. The van der Waals surface area contributed by atoms with Gasteiger partial charge in [0.15, 0.2) is 17.3 Å². The lowest BCUT2D eigenvalue weighted by atomic mass is 10.2. The maximum absolute atomic E-state index is 13.2. The molecule has 0 spiro atoms. The Morgan fingerprint density at radius 1 is 1.28 bits per heavy atom. The molecule has 2 aromatic rings. The van der Waals surface area contributed by atoms with E-state index in [1.165, 1.54) is 16.4 Å². The number of ether oxygens (including phenoxy) is 2. The molecule has 10 nitrogen and oxygen atoms in total. The zero-order chi connectivity index (χ0) is 20.4. The summed E-state index contributed by atoms with van der Waals surface area (Å²) in [6.45, 7) is 3.92. The second kappa shape index (κ2) is 7.99. The summed E-state index contributed by atoms with van der Waals surface area (Å²) in [6, 6.07) is 3.77. The predicted molar refractivity (Wildman–Crippen MR) is 102 cm³/mol. The monoisotopic (exact) mass is 421 g/mol. The first-order valence-corrected chi connectivity index (χ1v) is 11.0. The number of nitrogens with one attached hydrogen (secondary N) is 1. The molecule has 29 heavy (non-hydrogen) atoms. The van der Waals surface area contributed by atoms with E-state index in [-0.39, 0.29) is 17.3 Å². The van der Waals surface area contributed by atoms with Crippen molar-refractivity contribution in [2.45, 2.75) is 43.8 Å². The zero-order valence-electron chi connectivity index (χ0n) is 16.1. The maximum atomic E-state index is 13.2. The van der Waals surface area contributed by atoms with E-state index in [0.29, 0.717) is 56.5 Å². The molecule has 1 atom stereocenters. The molecule has 1 fully saturated rings. The third-order valence-electron chi connectivity index (χ3n) is 5.08. The van der Waals surface area contributed by atoms with E-state index in [2.05, 4.69) is 15.5 Å². The van der Waals surface area contributed by atoms with Crippen molar-refractivity contribution in [2.75, 3.05) is 19.8 Å². The van der Waals surface area contributed by atoms with Gasteiger partial charge in [-0.05, 0) is 31.9 Å². The molecule has 2 aliphatic rings. The van der Waals surface area contributed by atoms with E-state index in [9.17, 15) is 13.2 Å². The SMILES string of the molecule is CCn1cnnc1CNC(=O)[C@H]1CCCN1S(=O)(=O)c1ccc2c(c1)OCCO2. The fraction of sp³-hybridized carbons (Fsp3) is 0.500. The van der Waals surface area contributed by atoms with Gasteiger partial charge in [0.05, 0.1) is 11.4 Å². The lowest BCUT2D eigenvalue weighted by Crippen LogP contribution is -2.45. The Balaban J connectivity index is 1.50. The molecule has 2 aliphatic heterocycles. The van der Waals surface area contributed by atoms with Crippen LogP contribution in [0.2, 0.25) is 0 Å². The minimum Gasteiger partial charge on any atom is -0.486 e. The van der Waals surface area contributed by atoms with Crippen LogP contribution in [0.1, 0.15) is 25.6 Å². The van der Waals surface area contributed by atoms with Gasteiger partial charge in [-0.15, -0.1) is 10.2 Å². The second-order valence-corrected chi connectivity index (χ2v) is 8.72. The first kappa shape index (κ1) is 19.6. The number of nitrogens with zero attached hydrogens (tertiary/aromatic N) is 4. The lowest BCUT2D eigenvalue weighted by molar-refractivity contribution is -0.124. The molecular weight excluding hydrogens is 398 g/mol. The molecule has 3 heterocycles. The number of benzene rings is 1. The van der Waals surface area contributed by atoms with Crippen LogP contribution in [-0.2, 0) is 27.9 Å². The average Bonchev–Trinajstić information content (AvgIpc) is 3.41. The number of fused-ring (bicyclic) bond motifs is 1. The highest BCUT2D eigenvalue weighted by Gasteiger charge is 2.39. The van der Waals surface area contributed by atoms with Crippen LogP contribution < -0.4 is 14.8 Å². The van der Waals surface area contributed by atoms with E-state index in [1.807, 2.05) is 11.5 Å². The minimum absolute atomic E-state index is 0.0900. The average molecular weight is 421 g/mol. The van der Waals surface area contributed by atoms with E-state index < -0.39 is 16.1 Å². The summed E-state index contributed by atoms with van der Waals surface area (Å²) >= 11 is 0. The summed E-state index contributed by atoms with van der Waals surface area (Å²) in [5.41, 5.74) is 0. The number of rotatable bonds is 6. The number of hydrogen-bond acceptors (Lipinski definition) is 7. The van der Waals surface area contributed by atoms with Crippen LogP contribution >= 0.6 is 0 Å². The molecule has 11 heteroatoms. The normalized spacial score (nSPS) is 19.3. The molecule has 0 saturated carbocycles. The lowest BCUT2D eigenvalue weighted by Gasteiger charge is -2.24. The van der Waals surface area contributed by atoms with Crippen molar-refractivity contribution in [3.63, 3.8) is 0 Å². The van der Waals surface area contributed by atoms with Crippen LogP contribution in [0.4, 0.5) is 0 Å². The first-order valence-electron chi connectivity index (χ1n) is 9.56. The third kappa shape index (κ3) is 3.79. The van der Waals surface area contributed by atoms with Gasteiger partial charge in [-0.3, -0.25) is 4.79 Å². The highest BCUT2D eigenvalue weighted by molar-refractivity contribution is 7.89. The number of amides is 1. The number of aromatic nitrogens is 3. The van der Waals surface area contributed by atoms with Crippen molar-refractivity contribution in [1.29, 1.82) is 0 Å². The largest absolute Gasteiger partial charge is 0.486 e. The maximum Gasteiger partial charge on any atom is 0.243 e. The van der Waals surface area contributed by atoms with Crippen molar-refractivity contribution in [3.05, 3.63) is 30.4 Å². The Labute approximate surface area is 168 Å². The van der Waals surface area contributed by atoms with E-state index >= 15 is 0 Å². The Hall–Kier alpha value is -2.66. The molecule has 1 aromatic carbocycles.